The van der Waals surface area contributed by atoms with E-state index in [1.54, 1.807) is 0 Å². The number of carbonyl (C=O) groups is 1. The van der Waals surface area contributed by atoms with E-state index in [1.807, 2.05) is 0 Å². The Morgan fingerprint density at radius 3 is 2.56 bits per heavy atom. The number of aryl methyl sites for hydroxylation is 1. The number of halogens is 8. The van der Waals surface area contributed by atoms with Crippen molar-refractivity contribution in [1.29, 1.82) is 0 Å². The minimum atomic E-state index is -4.95. The summed E-state index contributed by atoms with van der Waals surface area (Å²) >= 11 is 0. The maximum Gasteiger partial charge on any atom is 0.425 e. The van der Waals surface area contributed by atoms with Gasteiger partial charge in [-0.25, -0.2) is 23.7 Å². The third-order valence-corrected chi connectivity index (χ3v) is 4.95. The average molecular weight is 527 g/mol. The van der Waals surface area contributed by atoms with Crippen LogP contribution in [0.5, 0.6) is 5.88 Å². The number of amides is 1. The van der Waals surface area contributed by atoms with E-state index in [1.165, 1.54) is 6.92 Å². The fourth-order valence-corrected chi connectivity index (χ4v) is 3.34. The zero-order valence-corrected chi connectivity index (χ0v) is 18.2. The van der Waals surface area contributed by atoms with Gasteiger partial charge in [-0.15, -0.1) is 0 Å². The van der Waals surface area contributed by atoms with Gasteiger partial charge < -0.3 is 20.5 Å². The lowest BCUT2D eigenvalue weighted by Gasteiger charge is -2.36. The number of anilines is 1. The van der Waals surface area contributed by atoms with Crippen molar-refractivity contribution in [2.45, 2.75) is 37.3 Å². The van der Waals surface area contributed by atoms with E-state index in [2.05, 4.69) is 29.8 Å². The monoisotopic (exact) mass is 527 g/mol. The number of rotatable bonds is 6. The Bertz CT molecular complexity index is 1170. The highest BCUT2D eigenvalue weighted by Gasteiger charge is 2.52. The SMILES string of the molecule is Cc1nc(OCC(F)(F)F)cnc1C(=O)Nc1ccc(F)c(C2(CF)CC(C(F)(F)F)OC(N)=N2)c1. The van der Waals surface area contributed by atoms with Gasteiger partial charge in [-0.3, -0.25) is 4.79 Å². The normalized spacial score (nSPS) is 20.4. The first-order valence-corrected chi connectivity index (χ1v) is 9.93. The summed E-state index contributed by atoms with van der Waals surface area (Å²) in [6.07, 6.45) is -12.5. The van der Waals surface area contributed by atoms with Crippen molar-refractivity contribution in [3.05, 3.63) is 47.2 Å². The van der Waals surface area contributed by atoms with Gasteiger partial charge in [0, 0.05) is 17.7 Å². The molecule has 196 valence electrons. The molecule has 36 heavy (non-hydrogen) atoms. The molecule has 16 heteroatoms. The van der Waals surface area contributed by atoms with Crippen molar-refractivity contribution in [2.75, 3.05) is 18.6 Å². The van der Waals surface area contributed by atoms with Crippen LogP contribution in [0.2, 0.25) is 0 Å². The summed E-state index contributed by atoms with van der Waals surface area (Å²) in [6.45, 7) is -1.94. The predicted molar refractivity (Wildman–Crippen MR) is 107 cm³/mol. The number of hydrogen-bond donors (Lipinski definition) is 2. The Labute approximate surface area is 197 Å². The number of aromatic nitrogens is 2. The first kappa shape index (κ1) is 26.9. The standard InChI is InChI=1S/C20H17F8N5O3/c1-9-15(30-6-14(31-9)35-8-19(23,24)25)16(34)32-10-2-3-12(22)11(4-10)18(7-21)5-13(20(26,27)28)36-17(29)33-18/h2-4,6,13H,5,7-8H2,1H3,(H2,29,33)(H,32,34). The molecule has 0 radical (unpaired) electrons. The van der Waals surface area contributed by atoms with Gasteiger partial charge in [0.15, 0.2) is 12.7 Å². The number of ether oxygens (including phenoxy) is 2. The van der Waals surface area contributed by atoms with Crippen molar-refractivity contribution in [2.24, 2.45) is 10.7 Å². The number of nitrogens with zero attached hydrogens (tertiary/aromatic N) is 3. The second kappa shape index (κ2) is 9.73. The molecular formula is C20H17F8N5O3. The van der Waals surface area contributed by atoms with Crippen LogP contribution in [0.15, 0.2) is 29.4 Å². The number of nitrogens with two attached hydrogens (primary N) is 1. The quantitative estimate of drug-likeness (QED) is 0.551. The van der Waals surface area contributed by atoms with Gasteiger partial charge in [0.2, 0.25) is 5.88 Å². The molecule has 1 aromatic heterocycles. The molecule has 2 heterocycles. The minimum absolute atomic E-state index is 0.121. The average Bonchev–Trinajstić information content (AvgIpc) is 2.77. The number of amidine groups is 1. The molecule has 0 saturated heterocycles. The van der Waals surface area contributed by atoms with Crippen molar-refractivity contribution in [1.82, 2.24) is 9.97 Å². The first-order valence-electron chi connectivity index (χ1n) is 9.93. The third-order valence-electron chi connectivity index (χ3n) is 4.95. The highest BCUT2D eigenvalue weighted by Crippen LogP contribution is 2.42. The van der Waals surface area contributed by atoms with Gasteiger partial charge in [0.25, 0.3) is 11.9 Å². The molecule has 1 aromatic carbocycles. The van der Waals surface area contributed by atoms with E-state index in [0.29, 0.717) is 0 Å². The predicted octanol–water partition coefficient (Wildman–Crippen LogP) is 3.95. The Kier molecular flexibility index (Phi) is 7.27. The molecule has 1 aliphatic rings. The molecule has 0 bridgehead atoms. The number of alkyl halides is 7. The van der Waals surface area contributed by atoms with E-state index in [4.69, 9.17) is 5.73 Å². The zero-order chi connectivity index (χ0) is 26.9. The molecule has 0 aliphatic carbocycles. The van der Waals surface area contributed by atoms with Crippen LogP contribution in [-0.4, -0.2) is 53.6 Å². The maximum absolute atomic E-state index is 14.6. The summed E-state index contributed by atoms with van der Waals surface area (Å²) in [7, 11) is 0. The van der Waals surface area contributed by atoms with Gasteiger partial charge >= 0.3 is 12.4 Å². The lowest BCUT2D eigenvalue weighted by molar-refractivity contribution is -0.209. The fraction of sp³-hybridized carbons (Fsp3) is 0.400. The van der Waals surface area contributed by atoms with Gasteiger partial charge in [-0.05, 0) is 25.1 Å². The summed E-state index contributed by atoms with van der Waals surface area (Å²) in [5, 5.41) is 2.29. The lowest BCUT2D eigenvalue weighted by Crippen LogP contribution is -2.48. The smallest absolute Gasteiger partial charge is 0.425 e. The van der Waals surface area contributed by atoms with Crippen LogP contribution in [0.4, 0.5) is 40.8 Å². The van der Waals surface area contributed by atoms with Gasteiger partial charge in [0.05, 0.1) is 11.9 Å². The van der Waals surface area contributed by atoms with Crippen molar-refractivity contribution in [3.8, 4) is 5.88 Å². The molecule has 8 nitrogen and oxygen atoms in total. The largest absolute Gasteiger partial charge is 0.467 e. The molecule has 2 unspecified atom stereocenters. The molecule has 3 rings (SSSR count). The van der Waals surface area contributed by atoms with Crippen LogP contribution in [0.25, 0.3) is 0 Å². The molecule has 1 amide bonds. The second-order valence-corrected chi connectivity index (χ2v) is 7.66. The fourth-order valence-electron chi connectivity index (χ4n) is 3.34. The van der Waals surface area contributed by atoms with E-state index in [0.717, 1.165) is 24.4 Å². The first-order chi connectivity index (χ1) is 16.6. The molecule has 1 aliphatic heterocycles. The molecule has 0 spiro atoms. The van der Waals surface area contributed by atoms with Crippen LogP contribution in [-0.2, 0) is 10.3 Å². The van der Waals surface area contributed by atoms with Crippen LogP contribution < -0.4 is 15.8 Å². The molecular weight excluding hydrogens is 510 g/mol. The summed E-state index contributed by atoms with van der Waals surface area (Å²) < 4.78 is 114. The van der Waals surface area contributed by atoms with Crippen LogP contribution in [0.1, 0.15) is 28.2 Å². The summed E-state index contributed by atoms with van der Waals surface area (Å²) in [6, 6.07) is 1.71. The summed E-state index contributed by atoms with van der Waals surface area (Å²) in [5.41, 5.74) is 1.66. The number of aliphatic imine (C=N–C) groups is 1. The van der Waals surface area contributed by atoms with E-state index in [-0.39, 0.29) is 17.1 Å². The Balaban J connectivity index is 1.87. The summed E-state index contributed by atoms with van der Waals surface area (Å²) in [5.74, 6) is -2.56. The molecule has 2 aromatic rings. The van der Waals surface area contributed by atoms with E-state index < -0.39 is 72.9 Å². The minimum Gasteiger partial charge on any atom is -0.467 e. The lowest BCUT2D eigenvalue weighted by atomic mass is 9.84. The molecule has 2 atom stereocenters. The van der Waals surface area contributed by atoms with E-state index >= 15 is 0 Å². The summed E-state index contributed by atoms with van der Waals surface area (Å²) in [4.78, 5) is 23.6. The van der Waals surface area contributed by atoms with Crippen molar-refractivity contribution >= 4 is 17.6 Å². The maximum atomic E-state index is 14.6. The Morgan fingerprint density at radius 1 is 1.28 bits per heavy atom. The van der Waals surface area contributed by atoms with E-state index in [9.17, 15) is 39.9 Å². The van der Waals surface area contributed by atoms with Crippen LogP contribution in [0, 0.1) is 12.7 Å². The third kappa shape index (κ3) is 6.09. The van der Waals surface area contributed by atoms with Gasteiger partial charge in [-0.1, -0.05) is 0 Å². The number of hydrogen-bond acceptors (Lipinski definition) is 7. The Hall–Kier alpha value is -3.72. The number of carbonyl (C=O) groups excluding carboxylic acids is 1. The number of benzene rings is 1. The van der Waals surface area contributed by atoms with Gasteiger partial charge in [0.1, 0.15) is 23.7 Å². The molecule has 0 fully saturated rings. The molecule has 0 saturated carbocycles. The highest BCUT2D eigenvalue weighted by molar-refractivity contribution is 6.03. The van der Waals surface area contributed by atoms with Crippen molar-refractivity contribution in [3.63, 3.8) is 0 Å². The topological polar surface area (TPSA) is 112 Å². The number of nitrogens with one attached hydrogen (secondary N) is 1. The Morgan fingerprint density at radius 2 is 1.97 bits per heavy atom. The highest BCUT2D eigenvalue weighted by atomic mass is 19.4. The van der Waals surface area contributed by atoms with Crippen LogP contribution in [0.3, 0.4) is 0 Å². The second-order valence-electron chi connectivity index (χ2n) is 7.66. The van der Waals surface area contributed by atoms with Crippen LogP contribution >= 0.6 is 0 Å². The van der Waals surface area contributed by atoms with Gasteiger partial charge in [-0.2, -0.15) is 26.3 Å². The molecule has 3 N–H and O–H groups in total. The van der Waals surface area contributed by atoms with Crippen molar-refractivity contribution < 1.29 is 49.4 Å². The zero-order valence-electron chi connectivity index (χ0n) is 18.2.